The molecular weight excluding hydrogens is 262 g/mol. The zero-order valence-corrected chi connectivity index (χ0v) is 11.4. The highest BCUT2D eigenvalue weighted by atomic mass is 32.2. The van der Waals surface area contributed by atoms with Crippen LogP contribution >= 0.6 is 11.8 Å². The Labute approximate surface area is 115 Å². The average molecular weight is 277 g/mol. The molecule has 0 spiro atoms. The number of rotatable bonds is 4. The van der Waals surface area contributed by atoms with Crippen LogP contribution in [-0.2, 0) is 0 Å². The molecule has 1 aliphatic heterocycles. The summed E-state index contributed by atoms with van der Waals surface area (Å²) in [4.78, 5) is 0. The van der Waals surface area contributed by atoms with Crippen molar-refractivity contribution < 1.29 is 9.47 Å². The molecular formula is C13H15N3O2S. The first-order valence-electron chi connectivity index (χ1n) is 6.00. The van der Waals surface area contributed by atoms with Gasteiger partial charge in [-0.2, -0.15) is 16.9 Å². The number of aromatic nitrogens is 2. The van der Waals surface area contributed by atoms with Crippen molar-refractivity contribution in [3.05, 3.63) is 24.3 Å². The Morgan fingerprint density at radius 1 is 1.42 bits per heavy atom. The number of nitrogens with two attached hydrogens (primary N) is 1. The summed E-state index contributed by atoms with van der Waals surface area (Å²) in [7, 11) is 1.64. The molecule has 2 heterocycles. The van der Waals surface area contributed by atoms with Gasteiger partial charge in [0.2, 0.25) is 0 Å². The Kier molecular flexibility index (Phi) is 3.25. The molecule has 0 saturated carbocycles. The fourth-order valence-corrected chi connectivity index (χ4v) is 2.50. The van der Waals surface area contributed by atoms with Crippen LogP contribution in [0.15, 0.2) is 24.3 Å². The van der Waals surface area contributed by atoms with E-state index >= 15 is 0 Å². The molecule has 0 amide bonds. The molecule has 1 aliphatic rings. The predicted octanol–water partition coefficient (Wildman–Crippen LogP) is 2.16. The fraction of sp³-hybridized carbons (Fsp3) is 0.308. The molecule has 100 valence electrons. The normalized spacial score (nSPS) is 15.0. The van der Waals surface area contributed by atoms with E-state index in [9.17, 15) is 0 Å². The number of methoxy groups -OCH3 is 1. The summed E-state index contributed by atoms with van der Waals surface area (Å²) in [5.41, 5.74) is 7.41. The minimum Gasteiger partial charge on any atom is -0.493 e. The Morgan fingerprint density at radius 2 is 2.26 bits per heavy atom. The third kappa shape index (κ3) is 2.35. The van der Waals surface area contributed by atoms with E-state index in [0.29, 0.717) is 5.82 Å². The highest BCUT2D eigenvalue weighted by Gasteiger charge is 2.24. The number of nitrogens with one attached hydrogen (secondary N) is 1. The highest BCUT2D eigenvalue weighted by molar-refractivity contribution is 8.00. The number of benzene rings is 1. The molecule has 1 saturated heterocycles. The van der Waals surface area contributed by atoms with E-state index in [1.807, 2.05) is 30.0 Å². The molecule has 5 nitrogen and oxygen atoms in total. The van der Waals surface area contributed by atoms with Gasteiger partial charge in [-0.15, -0.1) is 0 Å². The van der Waals surface area contributed by atoms with Gasteiger partial charge in [-0.1, -0.05) is 6.07 Å². The fourth-order valence-electron chi connectivity index (χ4n) is 1.93. The van der Waals surface area contributed by atoms with Crippen LogP contribution in [-0.4, -0.2) is 34.9 Å². The molecule has 0 atom stereocenters. The van der Waals surface area contributed by atoms with Crippen LogP contribution in [0.2, 0.25) is 0 Å². The van der Waals surface area contributed by atoms with Crippen molar-refractivity contribution >= 4 is 17.6 Å². The van der Waals surface area contributed by atoms with Crippen LogP contribution in [0, 0.1) is 0 Å². The molecule has 6 heteroatoms. The zero-order valence-electron chi connectivity index (χ0n) is 10.6. The number of nitrogens with zero attached hydrogens (tertiary/aromatic N) is 1. The Balaban J connectivity index is 2.01. The lowest BCUT2D eigenvalue weighted by Crippen LogP contribution is -2.31. The summed E-state index contributed by atoms with van der Waals surface area (Å²) in [6.07, 6.45) is 0.250. The number of aromatic amines is 1. The van der Waals surface area contributed by atoms with E-state index in [0.717, 1.165) is 34.3 Å². The van der Waals surface area contributed by atoms with E-state index in [2.05, 4.69) is 10.2 Å². The van der Waals surface area contributed by atoms with E-state index in [4.69, 9.17) is 15.2 Å². The standard InChI is InChI=1S/C13H15N3O2S/c1-17-11-4-2-3-9(10-5-12(14)16-15-10)13(11)18-8-6-19-7-8/h2-5,8H,6-7H2,1H3,(H3,14,15,16). The van der Waals surface area contributed by atoms with Gasteiger partial charge in [0, 0.05) is 23.1 Å². The van der Waals surface area contributed by atoms with Crippen molar-refractivity contribution in [2.75, 3.05) is 24.3 Å². The lowest BCUT2D eigenvalue weighted by molar-refractivity contribution is 0.229. The van der Waals surface area contributed by atoms with Crippen molar-refractivity contribution in [1.82, 2.24) is 10.2 Å². The second-order valence-electron chi connectivity index (χ2n) is 4.32. The van der Waals surface area contributed by atoms with Crippen molar-refractivity contribution in [2.24, 2.45) is 0 Å². The first-order valence-corrected chi connectivity index (χ1v) is 7.16. The second-order valence-corrected chi connectivity index (χ2v) is 5.40. The van der Waals surface area contributed by atoms with Crippen LogP contribution in [0.4, 0.5) is 5.82 Å². The summed E-state index contributed by atoms with van der Waals surface area (Å²) >= 11 is 1.88. The molecule has 1 fully saturated rings. The average Bonchev–Trinajstić information content (AvgIpc) is 2.80. The number of H-pyrrole nitrogens is 1. The van der Waals surface area contributed by atoms with Crippen LogP contribution in [0.25, 0.3) is 11.3 Å². The number of para-hydroxylation sites is 1. The third-order valence-electron chi connectivity index (χ3n) is 2.98. The maximum Gasteiger partial charge on any atom is 0.171 e. The second kappa shape index (κ2) is 5.05. The predicted molar refractivity (Wildman–Crippen MR) is 76.7 cm³/mol. The SMILES string of the molecule is COc1cccc(-c2cc(N)n[nH]2)c1OC1CSC1. The maximum absolute atomic E-state index is 6.03. The summed E-state index contributed by atoms with van der Waals surface area (Å²) in [5.74, 6) is 3.97. The maximum atomic E-state index is 6.03. The summed E-state index contributed by atoms with van der Waals surface area (Å²) in [5, 5.41) is 6.86. The van der Waals surface area contributed by atoms with Crippen molar-refractivity contribution in [2.45, 2.75) is 6.10 Å². The van der Waals surface area contributed by atoms with Gasteiger partial charge in [0.05, 0.1) is 12.8 Å². The number of hydrogen-bond donors (Lipinski definition) is 2. The summed E-state index contributed by atoms with van der Waals surface area (Å²) in [6.45, 7) is 0. The van der Waals surface area contributed by atoms with Gasteiger partial charge < -0.3 is 15.2 Å². The Morgan fingerprint density at radius 3 is 2.84 bits per heavy atom. The molecule has 0 radical (unpaired) electrons. The topological polar surface area (TPSA) is 73.2 Å². The van der Waals surface area contributed by atoms with Gasteiger partial charge in [0.15, 0.2) is 11.5 Å². The van der Waals surface area contributed by atoms with Gasteiger partial charge >= 0.3 is 0 Å². The lowest BCUT2D eigenvalue weighted by atomic mass is 10.1. The van der Waals surface area contributed by atoms with Crippen molar-refractivity contribution in [3.63, 3.8) is 0 Å². The molecule has 3 rings (SSSR count). The first-order chi connectivity index (χ1) is 9.28. The summed E-state index contributed by atoms with van der Waals surface area (Å²) < 4.78 is 11.4. The minimum absolute atomic E-state index is 0.250. The minimum atomic E-state index is 0.250. The quantitative estimate of drug-likeness (QED) is 0.896. The van der Waals surface area contributed by atoms with Crippen LogP contribution in [0.3, 0.4) is 0 Å². The molecule has 2 aromatic rings. The molecule has 19 heavy (non-hydrogen) atoms. The molecule has 0 unspecified atom stereocenters. The summed E-state index contributed by atoms with van der Waals surface area (Å²) in [6, 6.07) is 7.58. The number of thioether (sulfide) groups is 1. The van der Waals surface area contributed by atoms with Crippen molar-refractivity contribution in [3.8, 4) is 22.8 Å². The van der Waals surface area contributed by atoms with E-state index in [-0.39, 0.29) is 6.10 Å². The van der Waals surface area contributed by atoms with Gasteiger partial charge in [0.25, 0.3) is 0 Å². The molecule has 0 aliphatic carbocycles. The van der Waals surface area contributed by atoms with Crippen LogP contribution < -0.4 is 15.2 Å². The number of nitrogen functional groups attached to an aromatic ring is 1. The van der Waals surface area contributed by atoms with E-state index < -0.39 is 0 Å². The number of anilines is 1. The monoisotopic (exact) mass is 277 g/mol. The largest absolute Gasteiger partial charge is 0.493 e. The number of hydrogen-bond acceptors (Lipinski definition) is 5. The van der Waals surface area contributed by atoms with Gasteiger partial charge in [-0.05, 0) is 12.1 Å². The number of ether oxygens (including phenoxy) is 2. The van der Waals surface area contributed by atoms with Gasteiger partial charge in [-0.25, -0.2) is 0 Å². The van der Waals surface area contributed by atoms with E-state index in [1.165, 1.54) is 0 Å². The zero-order chi connectivity index (χ0) is 13.2. The van der Waals surface area contributed by atoms with Gasteiger partial charge in [-0.3, -0.25) is 5.10 Å². The van der Waals surface area contributed by atoms with Crippen LogP contribution in [0.1, 0.15) is 0 Å². The molecule has 0 bridgehead atoms. The van der Waals surface area contributed by atoms with Crippen LogP contribution in [0.5, 0.6) is 11.5 Å². The Hall–Kier alpha value is -1.82. The van der Waals surface area contributed by atoms with Crippen molar-refractivity contribution in [1.29, 1.82) is 0 Å². The lowest BCUT2D eigenvalue weighted by Gasteiger charge is -2.27. The molecule has 1 aromatic heterocycles. The van der Waals surface area contributed by atoms with E-state index in [1.54, 1.807) is 13.2 Å². The Bertz CT molecular complexity index is 581. The highest BCUT2D eigenvalue weighted by Crippen LogP contribution is 2.39. The first kappa shape index (κ1) is 12.2. The third-order valence-corrected chi connectivity index (χ3v) is 4.19. The van der Waals surface area contributed by atoms with Gasteiger partial charge in [0.1, 0.15) is 11.9 Å². The smallest absolute Gasteiger partial charge is 0.171 e. The molecule has 3 N–H and O–H groups in total. The molecule has 1 aromatic carbocycles.